The first-order chi connectivity index (χ1) is 20.5. The summed E-state index contributed by atoms with van der Waals surface area (Å²) < 4.78 is 80.9. The van der Waals surface area contributed by atoms with Gasteiger partial charge < -0.3 is 34.6 Å². The zero-order valence-corrected chi connectivity index (χ0v) is 22.9. The molecule has 240 valence electrons. The van der Waals surface area contributed by atoms with Gasteiger partial charge in [-0.05, 0) is 43.9 Å². The van der Waals surface area contributed by atoms with Crippen molar-refractivity contribution in [2.45, 2.75) is 18.5 Å². The topological polar surface area (TPSA) is 163 Å². The van der Waals surface area contributed by atoms with Crippen molar-refractivity contribution in [1.82, 2.24) is 15.1 Å². The zero-order chi connectivity index (χ0) is 33.1. The number of carbonyl (C=O) groups excluding carboxylic acids is 1. The monoisotopic (exact) mass is 636 g/mol. The number of hydrogen-bond donors (Lipinski definition) is 4. The number of nitrogens with one attached hydrogen (secondary N) is 2. The van der Waals surface area contributed by atoms with Gasteiger partial charge in [0.2, 0.25) is 6.10 Å². The van der Waals surface area contributed by atoms with Crippen molar-refractivity contribution in [3.63, 3.8) is 0 Å². The number of aromatic nitrogens is 2. The lowest BCUT2D eigenvalue weighted by molar-refractivity contribution is -0.193. The van der Waals surface area contributed by atoms with E-state index in [2.05, 4.69) is 15.5 Å². The fraction of sp³-hybridized carbons (Fsp3) is 0.308. The number of para-hydroxylation sites is 2. The molecule has 1 aliphatic rings. The number of H-pyrrole nitrogens is 1. The lowest BCUT2D eigenvalue weighted by atomic mass is 10.1. The molecule has 3 aromatic rings. The van der Waals surface area contributed by atoms with Crippen LogP contribution in [0.1, 0.15) is 0 Å². The predicted molar refractivity (Wildman–Crippen MR) is 140 cm³/mol. The summed E-state index contributed by atoms with van der Waals surface area (Å²) in [7, 11) is 3.96. The van der Waals surface area contributed by atoms with Crippen LogP contribution in [0.2, 0.25) is 0 Å². The van der Waals surface area contributed by atoms with Crippen LogP contribution < -0.4 is 19.5 Å². The third-order valence-electron chi connectivity index (χ3n) is 5.15. The molecule has 18 heteroatoms. The van der Waals surface area contributed by atoms with Crippen LogP contribution in [0.5, 0.6) is 17.2 Å². The number of carboxylic acid groups (broad SMARTS) is 2. The number of carbonyl (C=O) groups is 3. The van der Waals surface area contributed by atoms with E-state index in [0.29, 0.717) is 29.5 Å². The summed E-state index contributed by atoms with van der Waals surface area (Å²) in [6.07, 6.45) is -7.37. The number of fused-ring (bicyclic) bond motifs is 1. The van der Waals surface area contributed by atoms with Crippen LogP contribution in [0.3, 0.4) is 0 Å². The molecule has 1 amide bonds. The SMILES string of the molecule is CN(C)CCOc1cc(-c2cn[nH]c2)ccc1NC(=O)C1COc2ccccc2O1.O=C(O)C(F)(F)F.O=C(O)C(F)(F)F. The van der Waals surface area contributed by atoms with Crippen LogP contribution in [0.25, 0.3) is 11.1 Å². The van der Waals surface area contributed by atoms with E-state index in [-0.39, 0.29) is 12.5 Å². The van der Waals surface area contributed by atoms with Crippen LogP contribution in [0.4, 0.5) is 32.0 Å². The number of hydrogen-bond acceptors (Lipinski definition) is 8. The molecule has 12 nitrogen and oxygen atoms in total. The van der Waals surface area contributed by atoms with Gasteiger partial charge in [-0.15, -0.1) is 0 Å². The third-order valence-corrected chi connectivity index (χ3v) is 5.15. The molecule has 0 fully saturated rings. The molecule has 4 N–H and O–H groups in total. The van der Waals surface area contributed by atoms with E-state index in [1.165, 1.54) is 0 Å². The summed E-state index contributed by atoms with van der Waals surface area (Å²) in [6.45, 7) is 1.38. The van der Waals surface area contributed by atoms with Crippen molar-refractivity contribution in [1.29, 1.82) is 0 Å². The van der Waals surface area contributed by atoms with Crippen LogP contribution >= 0.6 is 0 Å². The van der Waals surface area contributed by atoms with Crippen molar-refractivity contribution in [3.05, 3.63) is 54.9 Å². The highest BCUT2D eigenvalue weighted by Gasteiger charge is 2.39. The van der Waals surface area contributed by atoms with Gasteiger partial charge in [0.1, 0.15) is 19.0 Å². The molecule has 0 spiro atoms. The number of likely N-dealkylation sites (N-methyl/N-ethyl adjacent to an activating group) is 1. The largest absolute Gasteiger partial charge is 0.490 e. The fourth-order valence-electron chi connectivity index (χ4n) is 3.03. The summed E-state index contributed by atoms with van der Waals surface area (Å²) in [4.78, 5) is 32.7. The van der Waals surface area contributed by atoms with Gasteiger partial charge in [-0.1, -0.05) is 18.2 Å². The molecule has 0 saturated heterocycles. The number of benzene rings is 2. The van der Waals surface area contributed by atoms with E-state index in [0.717, 1.165) is 17.7 Å². The number of amides is 1. The lowest BCUT2D eigenvalue weighted by Gasteiger charge is -2.26. The minimum absolute atomic E-state index is 0.146. The van der Waals surface area contributed by atoms with Crippen molar-refractivity contribution in [2.24, 2.45) is 0 Å². The first-order valence-corrected chi connectivity index (χ1v) is 12.2. The maximum atomic E-state index is 12.8. The average molecular weight is 637 g/mol. The van der Waals surface area contributed by atoms with Gasteiger partial charge in [0.25, 0.3) is 5.91 Å². The Balaban J connectivity index is 0.000000402. The number of aliphatic carboxylic acids is 2. The number of alkyl halides is 6. The van der Waals surface area contributed by atoms with Crippen LogP contribution in [-0.2, 0) is 14.4 Å². The lowest BCUT2D eigenvalue weighted by Crippen LogP contribution is -2.40. The molecule has 1 atom stereocenters. The number of ether oxygens (including phenoxy) is 3. The Morgan fingerprint density at radius 3 is 2.11 bits per heavy atom. The standard InChI is InChI=1S/C22H24N4O4.2C2HF3O2/c1-26(2)9-10-28-20-11-15(16-12-23-24-13-16)7-8-17(20)25-22(27)21-14-29-18-5-3-4-6-19(18)30-21;2*3-2(4,5)1(6)7/h3-8,11-13,21H,9-10,14H2,1-2H3,(H,23,24)(H,25,27);2*(H,6,7). The van der Waals surface area contributed by atoms with Crippen molar-refractivity contribution < 1.29 is 65.1 Å². The van der Waals surface area contributed by atoms with Gasteiger partial charge in [0.05, 0.1) is 11.9 Å². The summed E-state index contributed by atoms with van der Waals surface area (Å²) >= 11 is 0. The van der Waals surface area contributed by atoms with Gasteiger partial charge in [-0.2, -0.15) is 31.4 Å². The maximum Gasteiger partial charge on any atom is 0.490 e. The Hall–Kier alpha value is -5.00. The summed E-state index contributed by atoms with van der Waals surface area (Å²) in [5, 5.41) is 24.0. The fourth-order valence-corrected chi connectivity index (χ4v) is 3.03. The number of nitrogens with zero attached hydrogens (tertiary/aromatic N) is 2. The molecule has 44 heavy (non-hydrogen) atoms. The number of halogens is 6. The Kier molecular flexibility index (Phi) is 12.4. The molecule has 1 aromatic heterocycles. The smallest absolute Gasteiger partial charge is 0.490 e. The van der Waals surface area contributed by atoms with Crippen LogP contribution in [0.15, 0.2) is 54.9 Å². The summed E-state index contributed by atoms with van der Waals surface area (Å²) in [5.41, 5.74) is 2.45. The van der Waals surface area contributed by atoms with E-state index in [1.54, 1.807) is 12.3 Å². The minimum atomic E-state index is -5.08. The van der Waals surface area contributed by atoms with E-state index in [4.69, 9.17) is 34.0 Å². The molecular formula is C26H26F6N4O8. The van der Waals surface area contributed by atoms with E-state index < -0.39 is 30.4 Å². The second-order valence-electron chi connectivity index (χ2n) is 8.81. The molecule has 1 aliphatic heterocycles. The molecule has 0 radical (unpaired) electrons. The molecule has 0 saturated carbocycles. The first-order valence-electron chi connectivity index (χ1n) is 12.2. The molecule has 2 heterocycles. The predicted octanol–water partition coefficient (Wildman–Crippen LogP) is 4.06. The number of carboxylic acids is 2. The Bertz CT molecular complexity index is 1370. The molecule has 2 aromatic carbocycles. The van der Waals surface area contributed by atoms with Gasteiger partial charge >= 0.3 is 24.3 Å². The van der Waals surface area contributed by atoms with E-state index >= 15 is 0 Å². The second kappa shape index (κ2) is 15.5. The molecule has 0 aliphatic carbocycles. The number of aromatic amines is 1. The third kappa shape index (κ3) is 11.3. The van der Waals surface area contributed by atoms with Crippen molar-refractivity contribution in [3.8, 4) is 28.4 Å². The summed E-state index contributed by atoms with van der Waals surface area (Å²) in [6, 6.07) is 12.9. The Morgan fingerprint density at radius 2 is 1.59 bits per heavy atom. The van der Waals surface area contributed by atoms with Crippen molar-refractivity contribution in [2.75, 3.05) is 39.2 Å². The average Bonchev–Trinajstić information content (AvgIpc) is 3.48. The zero-order valence-electron chi connectivity index (χ0n) is 22.9. The van der Waals surface area contributed by atoms with Gasteiger partial charge in [-0.3, -0.25) is 9.89 Å². The number of rotatable bonds is 7. The maximum absolute atomic E-state index is 12.8. The van der Waals surface area contributed by atoms with Gasteiger partial charge in [0.15, 0.2) is 11.5 Å². The molecule has 1 unspecified atom stereocenters. The van der Waals surface area contributed by atoms with Crippen LogP contribution in [-0.4, -0.2) is 95.5 Å². The molecule has 0 bridgehead atoms. The van der Waals surface area contributed by atoms with Gasteiger partial charge in [0, 0.05) is 18.3 Å². The first kappa shape index (κ1) is 35.2. The number of anilines is 1. The highest BCUT2D eigenvalue weighted by Crippen LogP contribution is 2.33. The quantitative estimate of drug-likeness (QED) is 0.278. The van der Waals surface area contributed by atoms with Gasteiger partial charge in [-0.25, -0.2) is 9.59 Å². The summed E-state index contributed by atoms with van der Waals surface area (Å²) in [5.74, 6) is -4.03. The highest BCUT2D eigenvalue weighted by atomic mass is 19.4. The minimum Gasteiger partial charge on any atom is -0.490 e. The molecule has 4 rings (SSSR count). The normalized spacial score (nSPS) is 13.9. The van der Waals surface area contributed by atoms with Crippen molar-refractivity contribution >= 4 is 23.5 Å². The second-order valence-corrected chi connectivity index (χ2v) is 8.81. The van der Waals surface area contributed by atoms with E-state index in [9.17, 15) is 31.1 Å². The van der Waals surface area contributed by atoms with Crippen LogP contribution in [0, 0.1) is 0 Å². The Morgan fingerprint density at radius 1 is 1.00 bits per heavy atom. The molecular weight excluding hydrogens is 610 g/mol. The highest BCUT2D eigenvalue weighted by molar-refractivity contribution is 5.96. The Labute approximate surface area is 245 Å². The van der Waals surface area contributed by atoms with E-state index in [1.807, 2.05) is 61.6 Å².